The number of ether oxygens (including phenoxy) is 1. The van der Waals surface area contributed by atoms with Gasteiger partial charge in [-0.2, -0.15) is 5.11 Å². The van der Waals surface area contributed by atoms with Crippen LogP contribution in [0, 0.1) is 10.1 Å². The minimum absolute atomic E-state index is 0.0931. The average molecular weight is 331 g/mol. The lowest BCUT2D eigenvalue weighted by molar-refractivity contribution is -0.384. The Hall–Kier alpha value is -2.06. The van der Waals surface area contributed by atoms with Crippen molar-refractivity contribution in [1.29, 1.82) is 0 Å². The number of rotatable bonds is 3. The number of nitro groups is 1. The topological polar surface area (TPSA) is 83.6 Å². The van der Waals surface area contributed by atoms with Gasteiger partial charge in [0.2, 0.25) is 0 Å². The predicted molar refractivity (Wildman–Crippen MR) is 87.8 cm³/mol. The van der Waals surface area contributed by atoms with Crippen LogP contribution in [0.25, 0.3) is 0 Å². The molecule has 4 rings (SSSR count). The highest BCUT2D eigenvalue weighted by molar-refractivity contribution is 5.53. The van der Waals surface area contributed by atoms with Crippen molar-refractivity contribution in [3.8, 4) is 0 Å². The zero-order valence-electron chi connectivity index (χ0n) is 13.5. The van der Waals surface area contributed by atoms with Gasteiger partial charge in [-0.1, -0.05) is 11.6 Å². The van der Waals surface area contributed by atoms with E-state index >= 15 is 0 Å². The minimum Gasteiger partial charge on any atom is -0.379 e. The van der Waals surface area contributed by atoms with E-state index in [0.29, 0.717) is 0 Å². The fraction of sp³-hybridized carbons (Fsp3) is 0.625. The molecular weight excluding hydrogens is 310 g/mol. The molecule has 2 fully saturated rings. The molecule has 0 amide bonds. The number of morpholine rings is 1. The molecule has 128 valence electrons. The van der Waals surface area contributed by atoms with Crippen LogP contribution < -0.4 is 5.01 Å². The third-order valence-electron chi connectivity index (χ3n) is 5.32. The molecule has 2 aliphatic heterocycles. The Kier molecular flexibility index (Phi) is 3.93. The third kappa shape index (κ3) is 2.37. The third-order valence-corrected chi connectivity index (χ3v) is 5.32. The minimum atomic E-state index is -0.379. The first-order chi connectivity index (χ1) is 11.7. The van der Waals surface area contributed by atoms with E-state index in [2.05, 4.69) is 15.2 Å². The second-order valence-electron chi connectivity index (χ2n) is 6.53. The zero-order valence-corrected chi connectivity index (χ0v) is 13.5. The maximum Gasteiger partial charge on any atom is 0.269 e. The van der Waals surface area contributed by atoms with E-state index in [-0.39, 0.29) is 22.3 Å². The van der Waals surface area contributed by atoms with Crippen molar-refractivity contribution in [2.45, 2.75) is 37.4 Å². The Morgan fingerprint density at radius 1 is 1.21 bits per heavy atom. The maximum absolute atomic E-state index is 10.9. The lowest BCUT2D eigenvalue weighted by Crippen LogP contribution is -2.66. The van der Waals surface area contributed by atoms with Crippen molar-refractivity contribution in [3.63, 3.8) is 0 Å². The molecule has 2 atom stereocenters. The Morgan fingerprint density at radius 3 is 2.67 bits per heavy atom. The smallest absolute Gasteiger partial charge is 0.269 e. The molecule has 24 heavy (non-hydrogen) atoms. The summed E-state index contributed by atoms with van der Waals surface area (Å²) < 4.78 is 5.52. The van der Waals surface area contributed by atoms with Crippen molar-refractivity contribution in [2.24, 2.45) is 10.3 Å². The second kappa shape index (κ2) is 6.10. The van der Waals surface area contributed by atoms with Gasteiger partial charge in [0.1, 0.15) is 11.7 Å². The van der Waals surface area contributed by atoms with E-state index in [4.69, 9.17) is 4.74 Å². The summed E-state index contributed by atoms with van der Waals surface area (Å²) in [5.41, 5.74) is 0.703. The summed E-state index contributed by atoms with van der Waals surface area (Å²) in [5, 5.41) is 21.9. The number of non-ortho nitro benzene ring substituents is 1. The summed E-state index contributed by atoms with van der Waals surface area (Å²) in [7, 11) is 0. The Labute approximate surface area is 140 Å². The molecule has 0 bridgehead atoms. The van der Waals surface area contributed by atoms with Crippen molar-refractivity contribution < 1.29 is 9.66 Å². The van der Waals surface area contributed by atoms with Crippen LogP contribution in [0.5, 0.6) is 0 Å². The Balaban J connectivity index is 1.69. The summed E-state index contributed by atoms with van der Waals surface area (Å²) in [6, 6.07) is 6.77. The van der Waals surface area contributed by atoms with E-state index in [1.165, 1.54) is 18.6 Å². The van der Waals surface area contributed by atoms with Gasteiger partial charge in [0.25, 0.3) is 5.69 Å². The van der Waals surface area contributed by atoms with Crippen molar-refractivity contribution in [2.75, 3.05) is 31.3 Å². The molecule has 1 aliphatic carbocycles. The van der Waals surface area contributed by atoms with Crippen molar-refractivity contribution in [3.05, 3.63) is 34.4 Å². The van der Waals surface area contributed by atoms with Crippen LogP contribution in [0.1, 0.15) is 25.7 Å². The highest BCUT2D eigenvalue weighted by atomic mass is 16.6. The van der Waals surface area contributed by atoms with E-state index in [1.807, 2.05) is 5.01 Å². The summed E-state index contributed by atoms with van der Waals surface area (Å²) in [6.45, 7) is 3.18. The van der Waals surface area contributed by atoms with E-state index in [9.17, 15) is 10.1 Å². The van der Waals surface area contributed by atoms with Gasteiger partial charge in [-0.05, 0) is 31.4 Å². The summed E-state index contributed by atoms with van der Waals surface area (Å²) >= 11 is 0. The molecule has 0 unspecified atom stereocenters. The first kappa shape index (κ1) is 15.5. The summed E-state index contributed by atoms with van der Waals surface area (Å²) in [6.07, 6.45) is 4.35. The molecule has 0 aromatic heterocycles. The first-order valence-electron chi connectivity index (χ1n) is 8.50. The quantitative estimate of drug-likeness (QED) is 0.628. The molecule has 1 saturated carbocycles. The number of hydrogen-bond donors (Lipinski definition) is 0. The SMILES string of the molecule is O=[N+]([O-])c1ccc(N2N=N[C@@H]3CCCC[C@@]32N2CCOCC2)cc1. The molecule has 8 nitrogen and oxygen atoms in total. The molecule has 1 aromatic rings. The van der Waals surface area contributed by atoms with Gasteiger partial charge in [-0.3, -0.25) is 15.0 Å². The molecule has 8 heteroatoms. The van der Waals surface area contributed by atoms with Gasteiger partial charge >= 0.3 is 0 Å². The largest absolute Gasteiger partial charge is 0.379 e. The fourth-order valence-corrected chi connectivity index (χ4v) is 4.15. The van der Waals surface area contributed by atoms with Crippen LogP contribution in [0.2, 0.25) is 0 Å². The highest BCUT2D eigenvalue weighted by Crippen LogP contribution is 2.45. The molecule has 1 aromatic carbocycles. The van der Waals surface area contributed by atoms with Crippen LogP contribution in [-0.4, -0.2) is 47.8 Å². The van der Waals surface area contributed by atoms with Gasteiger partial charge in [-0.15, -0.1) is 0 Å². The van der Waals surface area contributed by atoms with Crippen molar-refractivity contribution in [1.82, 2.24) is 4.90 Å². The van der Waals surface area contributed by atoms with Gasteiger partial charge in [0, 0.05) is 25.2 Å². The zero-order chi connectivity index (χ0) is 16.6. The highest BCUT2D eigenvalue weighted by Gasteiger charge is 2.54. The Morgan fingerprint density at radius 2 is 1.96 bits per heavy atom. The van der Waals surface area contributed by atoms with Crippen LogP contribution in [0.3, 0.4) is 0 Å². The predicted octanol–water partition coefficient (Wildman–Crippen LogP) is 2.75. The van der Waals surface area contributed by atoms with Gasteiger partial charge in [0.15, 0.2) is 0 Å². The molecule has 0 radical (unpaired) electrons. The molecule has 0 N–H and O–H groups in total. The average Bonchev–Trinajstić information content (AvgIpc) is 3.03. The normalized spacial score (nSPS) is 30.3. The first-order valence-corrected chi connectivity index (χ1v) is 8.50. The van der Waals surface area contributed by atoms with E-state index in [0.717, 1.165) is 51.3 Å². The van der Waals surface area contributed by atoms with E-state index < -0.39 is 0 Å². The molecule has 3 aliphatic rings. The number of nitro benzene ring substituents is 1. The molecular formula is C16H21N5O3. The summed E-state index contributed by atoms with van der Waals surface area (Å²) in [4.78, 5) is 13.0. The molecule has 1 saturated heterocycles. The Bertz CT molecular complexity index is 644. The van der Waals surface area contributed by atoms with Gasteiger partial charge in [0.05, 0.1) is 23.8 Å². The van der Waals surface area contributed by atoms with Crippen LogP contribution >= 0.6 is 0 Å². The summed E-state index contributed by atoms with van der Waals surface area (Å²) in [5.74, 6) is 0. The number of fused-ring (bicyclic) bond motifs is 1. The number of benzene rings is 1. The van der Waals surface area contributed by atoms with Crippen LogP contribution in [0.15, 0.2) is 34.6 Å². The van der Waals surface area contributed by atoms with E-state index in [1.54, 1.807) is 12.1 Å². The molecule has 2 heterocycles. The monoisotopic (exact) mass is 331 g/mol. The number of anilines is 1. The lowest BCUT2D eigenvalue weighted by atomic mass is 9.82. The molecule has 0 spiro atoms. The van der Waals surface area contributed by atoms with Gasteiger partial charge < -0.3 is 4.74 Å². The fourth-order valence-electron chi connectivity index (χ4n) is 4.15. The van der Waals surface area contributed by atoms with Crippen LogP contribution in [0.4, 0.5) is 11.4 Å². The lowest BCUT2D eigenvalue weighted by Gasteiger charge is -2.51. The van der Waals surface area contributed by atoms with Gasteiger partial charge in [-0.25, -0.2) is 5.01 Å². The maximum atomic E-state index is 10.9. The standard InChI is InChI=1S/C16H21N5O3/c22-21(23)14-6-4-13(5-7-14)20-16(19-9-11-24-12-10-19)8-2-1-3-15(16)17-18-20/h4-7,15H,1-3,8-12H2/t15-,16+/m1/s1. The van der Waals surface area contributed by atoms with Crippen molar-refractivity contribution >= 4 is 11.4 Å². The number of nitrogens with zero attached hydrogens (tertiary/aromatic N) is 5. The van der Waals surface area contributed by atoms with Crippen LogP contribution in [-0.2, 0) is 4.74 Å². The second-order valence-corrected chi connectivity index (χ2v) is 6.53. The number of hydrogen-bond acceptors (Lipinski definition) is 7.